The van der Waals surface area contributed by atoms with Crippen molar-refractivity contribution >= 4 is 121 Å². The first-order valence-electron chi connectivity index (χ1n) is 25.6. The summed E-state index contributed by atoms with van der Waals surface area (Å²) in [5.74, 6) is 0. The lowest BCUT2D eigenvalue weighted by atomic mass is 9.88. The number of benzene rings is 12. The smallest absolute Gasteiger partial charge is 0.0640 e. The Balaban J connectivity index is 0.934. The molecule has 0 amide bonds. The molecule has 5 heteroatoms. The molecular formula is C70H46N4S. The molecule has 0 aliphatic rings. The van der Waals surface area contributed by atoms with Crippen LogP contribution in [0.15, 0.2) is 278 Å². The van der Waals surface area contributed by atoms with Crippen molar-refractivity contribution in [2.45, 2.75) is 0 Å². The number of thiophene rings is 1. The van der Waals surface area contributed by atoms with Gasteiger partial charge in [0, 0.05) is 71.8 Å². The van der Waals surface area contributed by atoms with Gasteiger partial charge in [-0.3, -0.25) is 0 Å². The van der Waals surface area contributed by atoms with Crippen LogP contribution in [0.4, 0.5) is 34.1 Å². The maximum absolute atomic E-state index is 2.48. The van der Waals surface area contributed by atoms with E-state index < -0.39 is 0 Å². The minimum atomic E-state index is 1.10. The monoisotopic (exact) mass is 974 g/mol. The van der Waals surface area contributed by atoms with Gasteiger partial charge in [0.1, 0.15) is 0 Å². The molecule has 0 bridgehead atoms. The van der Waals surface area contributed by atoms with Gasteiger partial charge in [0.05, 0.1) is 38.1 Å². The van der Waals surface area contributed by atoms with Crippen LogP contribution in [0.25, 0.3) is 97.7 Å². The van der Waals surface area contributed by atoms with Gasteiger partial charge in [-0.25, -0.2) is 0 Å². The molecule has 4 nitrogen and oxygen atoms in total. The molecule has 0 fully saturated rings. The summed E-state index contributed by atoms with van der Waals surface area (Å²) >= 11 is 1.81. The van der Waals surface area contributed by atoms with Gasteiger partial charge >= 0.3 is 0 Å². The van der Waals surface area contributed by atoms with Crippen LogP contribution in [0, 0.1) is 0 Å². The third-order valence-corrected chi connectivity index (χ3v) is 16.1. The summed E-state index contributed by atoms with van der Waals surface area (Å²) in [5, 5.41) is 13.1. The molecule has 0 spiro atoms. The first-order valence-corrected chi connectivity index (χ1v) is 26.5. The van der Waals surface area contributed by atoms with E-state index in [0.717, 1.165) is 45.5 Å². The first-order chi connectivity index (χ1) is 37.3. The molecule has 3 heterocycles. The third-order valence-electron chi connectivity index (χ3n) is 15.1. The molecule has 0 saturated heterocycles. The number of fused-ring (bicyclic) bond motifs is 9. The van der Waals surface area contributed by atoms with Gasteiger partial charge < -0.3 is 18.9 Å². The van der Waals surface area contributed by atoms with E-state index in [1.54, 1.807) is 0 Å². The number of hydrogen-bond donors (Lipinski definition) is 0. The highest BCUT2D eigenvalue weighted by atomic mass is 32.1. The van der Waals surface area contributed by atoms with E-state index in [4.69, 9.17) is 0 Å². The van der Waals surface area contributed by atoms with Crippen molar-refractivity contribution in [1.29, 1.82) is 0 Å². The van der Waals surface area contributed by atoms with Gasteiger partial charge in [-0.15, -0.1) is 11.3 Å². The molecule has 0 aliphatic heterocycles. The maximum Gasteiger partial charge on any atom is 0.0640 e. The molecule has 0 saturated carbocycles. The Morgan fingerprint density at radius 2 is 0.693 bits per heavy atom. The first kappa shape index (κ1) is 43.0. The van der Waals surface area contributed by atoms with Crippen LogP contribution in [0.1, 0.15) is 0 Å². The number of para-hydroxylation sites is 6. The van der Waals surface area contributed by atoms with Crippen molar-refractivity contribution < 1.29 is 0 Å². The zero-order valence-corrected chi connectivity index (χ0v) is 41.6. The van der Waals surface area contributed by atoms with Crippen LogP contribution >= 0.6 is 11.3 Å². The third kappa shape index (κ3) is 6.82. The fourth-order valence-corrected chi connectivity index (χ4v) is 12.9. The Labute approximate surface area is 438 Å². The van der Waals surface area contributed by atoms with Crippen LogP contribution < -0.4 is 9.80 Å². The summed E-state index contributed by atoms with van der Waals surface area (Å²) in [7, 11) is 0. The summed E-state index contributed by atoms with van der Waals surface area (Å²) < 4.78 is 6.01. The van der Waals surface area contributed by atoms with Crippen molar-refractivity contribution in [3.05, 3.63) is 278 Å². The molecule has 0 unspecified atom stereocenters. The van der Waals surface area contributed by atoms with Gasteiger partial charge in [-0.05, 0) is 136 Å². The molecule has 75 heavy (non-hydrogen) atoms. The fraction of sp³-hybridized carbons (Fsp3) is 0. The highest BCUT2D eigenvalue weighted by molar-refractivity contribution is 7.18. The minimum Gasteiger partial charge on any atom is -0.309 e. The second-order valence-corrected chi connectivity index (χ2v) is 20.1. The fourth-order valence-electron chi connectivity index (χ4n) is 12.0. The van der Waals surface area contributed by atoms with Gasteiger partial charge in [0.15, 0.2) is 0 Å². The Hall–Kier alpha value is -9.68. The number of nitrogens with zero attached hydrogens (tertiary/aromatic N) is 4. The van der Waals surface area contributed by atoms with E-state index in [-0.39, 0.29) is 0 Å². The highest BCUT2D eigenvalue weighted by Gasteiger charge is 2.26. The molecule has 3 aromatic heterocycles. The summed E-state index contributed by atoms with van der Waals surface area (Å²) in [6.07, 6.45) is 0. The van der Waals surface area contributed by atoms with Gasteiger partial charge in [-0.1, -0.05) is 164 Å². The molecule has 352 valence electrons. The molecule has 0 aliphatic carbocycles. The summed E-state index contributed by atoms with van der Waals surface area (Å²) in [5.41, 5.74) is 16.2. The lowest BCUT2D eigenvalue weighted by Gasteiger charge is -2.30. The average Bonchev–Trinajstić information content (AvgIpc) is 4.20. The lowest BCUT2D eigenvalue weighted by molar-refractivity contribution is 1.18. The van der Waals surface area contributed by atoms with Crippen molar-refractivity contribution in [3.8, 4) is 22.5 Å². The van der Waals surface area contributed by atoms with E-state index in [9.17, 15) is 0 Å². The number of anilines is 6. The SMILES string of the molecule is c1ccc(N(c2ccc3c(c2)c2ccccc2n3-c2ccccc2)c2c3ccccc3c(-c3ccc(N(c4ccccc4)c4ccc5c(c4)c4ccccc4n5-c4ccccc4)c4sccc34)c3ccccc23)cc1. The van der Waals surface area contributed by atoms with Crippen molar-refractivity contribution in [2.75, 3.05) is 9.80 Å². The molecule has 0 N–H and O–H groups in total. The standard InChI is InChI=1S/C70H46N4S/c1-5-21-47(22-6-1)71(51-37-40-65-61(45-51)53-29-17-19-35-63(53)73(65)49-25-9-3-10-26-49)67-42-39-57(60-43-44-75-70(60)67)68-55-31-13-15-33-58(55)69(59-34-16-14-32-56(59)68)72(48-23-7-2-8-24-48)52-38-41-66-62(46-52)54-30-18-20-36-64(54)74(66)50-27-11-4-12-28-50/h1-46H. The van der Waals surface area contributed by atoms with E-state index in [0.29, 0.717) is 0 Å². The Morgan fingerprint density at radius 3 is 1.21 bits per heavy atom. The Morgan fingerprint density at radius 1 is 0.280 bits per heavy atom. The minimum absolute atomic E-state index is 1.10. The van der Waals surface area contributed by atoms with Crippen molar-refractivity contribution in [3.63, 3.8) is 0 Å². The van der Waals surface area contributed by atoms with E-state index >= 15 is 0 Å². The second kappa shape index (κ2) is 17.5. The van der Waals surface area contributed by atoms with Crippen LogP contribution in [0.5, 0.6) is 0 Å². The molecule has 15 aromatic rings. The quantitative estimate of drug-likeness (QED) is 0.134. The van der Waals surface area contributed by atoms with E-state index in [1.807, 2.05) is 11.3 Å². The molecule has 0 radical (unpaired) electrons. The molecule has 0 atom stereocenters. The molecule has 15 rings (SSSR count). The van der Waals surface area contributed by atoms with Crippen molar-refractivity contribution in [2.24, 2.45) is 0 Å². The Bertz CT molecular complexity index is 4590. The predicted molar refractivity (Wildman–Crippen MR) is 320 cm³/mol. The largest absolute Gasteiger partial charge is 0.309 e. The van der Waals surface area contributed by atoms with E-state index in [1.165, 1.54) is 86.4 Å². The van der Waals surface area contributed by atoms with Crippen LogP contribution in [0.2, 0.25) is 0 Å². The molecule has 12 aromatic carbocycles. The zero-order valence-electron chi connectivity index (χ0n) is 40.8. The number of rotatable bonds is 9. The number of aromatic nitrogens is 2. The summed E-state index contributed by atoms with van der Waals surface area (Å²) in [6, 6.07) is 99.8. The zero-order chi connectivity index (χ0) is 49.4. The van der Waals surface area contributed by atoms with Crippen LogP contribution in [-0.2, 0) is 0 Å². The average molecular weight is 975 g/mol. The highest BCUT2D eigenvalue weighted by Crippen LogP contribution is 2.52. The van der Waals surface area contributed by atoms with Gasteiger partial charge in [-0.2, -0.15) is 0 Å². The topological polar surface area (TPSA) is 16.3 Å². The molecular weight excluding hydrogens is 929 g/mol. The normalized spacial score (nSPS) is 11.7. The second-order valence-electron chi connectivity index (χ2n) is 19.2. The number of hydrogen-bond acceptors (Lipinski definition) is 3. The van der Waals surface area contributed by atoms with E-state index in [2.05, 4.69) is 297 Å². The lowest BCUT2D eigenvalue weighted by Crippen LogP contribution is -2.11. The Kier molecular flexibility index (Phi) is 10.0. The maximum atomic E-state index is 2.48. The van der Waals surface area contributed by atoms with Crippen LogP contribution in [0.3, 0.4) is 0 Å². The predicted octanol–water partition coefficient (Wildman–Crippen LogP) is 20.0. The summed E-state index contributed by atoms with van der Waals surface area (Å²) in [4.78, 5) is 4.93. The van der Waals surface area contributed by atoms with Crippen molar-refractivity contribution in [1.82, 2.24) is 9.13 Å². The van der Waals surface area contributed by atoms with Crippen LogP contribution in [-0.4, -0.2) is 9.13 Å². The van der Waals surface area contributed by atoms with Gasteiger partial charge in [0.2, 0.25) is 0 Å². The van der Waals surface area contributed by atoms with Gasteiger partial charge in [0.25, 0.3) is 0 Å². The summed E-state index contributed by atoms with van der Waals surface area (Å²) in [6.45, 7) is 0.